The zero-order valence-electron chi connectivity index (χ0n) is 19.9. The van der Waals surface area contributed by atoms with Gasteiger partial charge in [-0.1, -0.05) is 84.9 Å². The Bertz CT molecular complexity index is 1650. The van der Waals surface area contributed by atoms with Crippen LogP contribution in [0.15, 0.2) is 114 Å². The fraction of sp³-hybridized carbons (Fsp3) is 0.0968. The van der Waals surface area contributed by atoms with Crippen molar-refractivity contribution in [3.8, 4) is 5.75 Å². The summed E-state index contributed by atoms with van der Waals surface area (Å²) in [6.45, 7) is 0. The normalized spacial score (nSPS) is 12.2. The Labute approximate surface area is 209 Å². The van der Waals surface area contributed by atoms with Crippen LogP contribution in [-0.2, 0) is 7.05 Å². The Hall–Kier alpha value is -4.64. The predicted octanol–water partition coefficient (Wildman–Crippen LogP) is 6.38. The van der Waals surface area contributed by atoms with Gasteiger partial charge in [0, 0.05) is 23.5 Å². The van der Waals surface area contributed by atoms with E-state index >= 15 is 0 Å². The van der Waals surface area contributed by atoms with Crippen LogP contribution < -0.4 is 10.9 Å². The molecule has 0 aliphatic rings. The molecule has 0 spiro atoms. The number of carbonyl (C=O) groups is 1. The van der Waals surface area contributed by atoms with Crippen LogP contribution in [0.2, 0.25) is 0 Å². The Morgan fingerprint density at radius 1 is 0.889 bits per heavy atom. The first-order valence-electron chi connectivity index (χ1n) is 11.9. The van der Waals surface area contributed by atoms with Crippen LogP contribution in [0.4, 0.5) is 5.69 Å². The molecular formula is C31H26N2O3. The highest BCUT2D eigenvalue weighted by molar-refractivity contribution is 6.09. The van der Waals surface area contributed by atoms with E-state index < -0.39 is 11.3 Å². The molecule has 1 heterocycles. The van der Waals surface area contributed by atoms with Gasteiger partial charge in [0.25, 0.3) is 5.56 Å². The van der Waals surface area contributed by atoms with Crippen molar-refractivity contribution >= 4 is 33.1 Å². The summed E-state index contributed by atoms with van der Waals surface area (Å²) in [6, 6.07) is 31.2. The first kappa shape index (κ1) is 23.1. The van der Waals surface area contributed by atoms with E-state index in [0.29, 0.717) is 17.3 Å². The van der Waals surface area contributed by atoms with E-state index in [4.69, 9.17) is 0 Å². The number of fused-ring (bicyclic) bond motifs is 2. The lowest BCUT2D eigenvalue weighted by Crippen LogP contribution is -2.24. The van der Waals surface area contributed by atoms with Crippen LogP contribution in [0.5, 0.6) is 5.75 Å². The molecule has 36 heavy (non-hydrogen) atoms. The predicted molar refractivity (Wildman–Crippen MR) is 146 cm³/mol. The second kappa shape index (κ2) is 9.92. The van der Waals surface area contributed by atoms with Gasteiger partial charge in [0.15, 0.2) is 5.78 Å². The molecule has 5 aromatic rings. The maximum atomic E-state index is 13.1. The number of hydrogen-bond acceptors (Lipinski definition) is 4. The summed E-state index contributed by atoms with van der Waals surface area (Å²) in [4.78, 5) is 25.9. The maximum absolute atomic E-state index is 13.1. The lowest BCUT2D eigenvalue weighted by atomic mass is 10.0. The number of carbonyl (C=O) groups excluding carboxylic acids is 1. The summed E-state index contributed by atoms with van der Waals surface area (Å²) in [7, 11) is 1.60. The van der Waals surface area contributed by atoms with Crippen LogP contribution in [0.3, 0.4) is 0 Å². The molecule has 1 atom stereocenters. The van der Waals surface area contributed by atoms with Gasteiger partial charge in [0.05, 0.1) is 11.6 Å². The molecule has 4 aromatic carbocycles. The molecule has 5 rings (SSSR count). The van der Waals surface area contributed by atoms with Crippen LogP contribution >= 0.6 is 0 Å². The van der Waals surface area contributed by atoms with Crippen LogP contribution in [0.25, 0.3) is 21.7 Å². The van der Waals surface area contributed by atoms with Crippen LogP contribution in [0.1, 0.15) is 28.4 Å². The molecule has 0 unspecified atom stereocenters. The zero-order chi connectivity index (χ0) is 25.1. The van der Waals surface area contributed by atoms with Crippen LogP contribution in [0, 0.1) is 0 Å². The Balaban J connectivity index is 1.45. The minimum Gasteiger partial charge on any atom is -0.506 e. The van der Waals surface area contributed by atoms with E-state index in [1.165, 1.54) is 10.6 Å². The zero-order valence-corrected chi connectivity index (χ0v) is 19.9. The molecule has 2 N–H and O–H groups in total. The number of ketones is 1. The largest absolute Gasteiger partial charge is 0.506 e. The first-order valence-corrected chi connectivity index (χ1v) is 11.9. The molecule has 0 fully saturated rings. The van der Waals surface area contributed by atoms with Crippen molar-refractivity contribution < 1.29 is 9.90 Å². The molecule has 1 aromatic heterocycles. The van der Waals surface area contributed by atoms with Crippen molar-refractivity contribution in [3.05, 3.63) is 131 Å². The summed E-state index contributed by atoms with van der Waals surface area (Å²) in [5, 5.41) is 17.1. The number of aromatic hydroxyl groups is 1. The number of nitrogens with zero attached hydrogens (tertiary/aromatic N) is 1. The van der Waals surface area contributed by atoms with Gasteiger partial charge in [-0.05, 0) is 41.6 Å². The third kappa shape index (κ3) is 4.39. The molecule has 0 amide bonds. The highest BCUT2D eigenvalue weighted by Gasteiger charge is 2.19. The van der Waals surface area contributed by atoms with Crippen molar-refractivity contribution in [1.29, 1.82) is 0 Å². The molecule has 5 heteroatoms. The summed E-state index contributed by atoms with van der Waals surface area (Å²) in [5.74, 6) is -0.798. The fourth-order valence-corrected chi connectivity index (χ4v) is 4.60. The van der Waals surface area contributed by atoms with E-state index in [1.807, 2.05) is 54.6 Å². The number of benzene rings is 4. The monoisotopic (exact) mass is 474 g/mol. The van der Waals surface area contributed by atoms with Crippen molar-refractivity contribution in [2.45, 2.75) is 12.5 Å². The minimum atomic E-state index is -0.519. The highest BCUT2D eigenvalue weighted by atomic mass is 16.3. The van der Waals surface area contributed by atoms with Gasteiger partial charge in [-0.2, -0.15) is 0 Å². The second-order valence-corrected chi connectivity index (χ2v) is 8.74. The average Bonchev–Trinajstić information content (AvgIpc) is 2.92. The molecule has 0 saturated carbocycles. The number of nitrogens with one attached hydrogen (secondary N) is 1. The maximum Gasteiger partial charge on any atom is 0.265 e. The molecule has 178 valence electrons. The van der Waals surface area contributed by atoms with Gasteiger partial charge in [-0.15, -0.1) is 0 Å². The number of rotatable bonds is 7. The van der Waals surface area contributed by atoms with Gasteiger partial charge >= 0.3 is 0 Å². The van der Waals surface area contributed by atoms with E-state index in [0.717, 1.165) is 22.0 Å². The van der Waals surface area contributed by atoms with Crippen molar-refractivity contribution in [3.63, 3.8) is 0 Å². The Morgan fingerprint density at radius 3 is 2.36 bits per heavy atom. The Kier molecular flexibility index (Phi) is 6.37. The summed E-state index contributed by atoms with van der Waals surface area (Å²) in [5.41, 5.74) is 1.92. The molecular weight excluding hydrogens is 448 g/mol. The number of allylic oxidation sites excluding steroid dienone is 1. The van der Waals surface area contributed by atoms with E-state index in [9.17, 15) is 14.7 Å². The smallest absolute Gasteiger partial charge is 0.265 e. The fourth-order valence-electron chi connectivity index (χ4n) is 4.60. The molecule has 0 aliphatic heterocycles. The Morgan fingerprint density at radius 2 is 1.56 bits per heavy atom. The van der Waals surface area contributed by atoms with Crippen molar-refractivity contribution in [2.24, 2.45) is 7.05 Å². The molecule has 0 aliphatic carbocycles. The standard InChI is InChI=1S/C31H26N2O3/c1-33-27-19-8-7-16-24(27)30(35)29(31(33)36)28(34)20-10-17-25(22-12-3-2-4-13-22)32-26-18-9-14-21-11-5-6-15-23(21)26/h2-16,18-20,25,32,35H,17H2,1H3/t25-/m0/s1. The van der Waals surface area contributed by atoms with E-state index in [1.54, 1.807) is 37.4 Å². The summed E-state index contributed by atoms with van der Waals surface area (Å²) >= 11 is 0. The molecule has 0 bridgehead atoms. The third-order valence-corrected chi connectivity index (χ3v) is 6.48. The number of aryl methyl sites for hydroxylation is 1. The number of anilines is 1. The third-order valence-electron chi connectivity index (χ3n) is 6.48. The number of pyridine rings is 1. The topological polar surface area (TPSA) is 71.3 Å². The van der Waals surface area contributed by atoms with Gasteiger partial charge < -0.3 is 15.0 Å². The lowest BCUT2D eigenvalue weighted by Gasteiger charge is -2.20. The van der Waals surface area contributed by atoms with Gasteiger partial charge in [0.2, 0.25) is 0 Å². The quantitative estimate of drug-likeness (QED) is 0.212. The molecule has 0 radical (unpaired) electrons. The number of para-hydroxylation sites is 1. The van der Waals surface area contributed by atoms with Gasteiger partial charge in [-0.3, -0.25) is 9.59 Å². The van der Waals surface area contributed by atoms with Crippen LogP contribution in [-0.4, -0.2) is 15.5 Å². The minimum absolute atomic E-state index is 0.103. The number of aromatic nitrogens is 1. The van der Waals surface area contributed by atoms with E-state index in [2.05, 4.69) is 23.5 Å². The average molecular weight is 475 g/mol. The second-order valence-electron chi connectivity index (χ2n) is 8.74. The van der Waals surface area contributed by atoms with E-state index in [-0.39, 0.29) is 17.4 Å². The summed E-state index contributed by atoms with van der Waals surface area (Å²) in [6.07, 6.45) is 3.64. The SMILES string of the molecule is Cn1c(=O)c(C(=O)C=CC[C@H](Nc2cccc3ccccc23)c2ccccc2)c(O)c2ccccc21. The number of hydrogen-bond donors (Lipinski definition) is 2. The van der Waals surface area contributed by atoms with Gasteiger partial charge in [0.1, 0.15) is 11.3 Å². The first-order chi connectivity index (χ1) is 17.5. The lowest BCUT2D eigenvalue weighted by molar-refractivity contribution is 0.104. The van der Waals surface area contributed by atoms with Crippen molar-refractivity contribution in [1.82, 2.24) is 4.57 Å². The summed E-state index contributed by atoms with van der Waals surface area (Å²) < 4.78 is 1.39. The van der Waals surface area contributed by atoms with Gasteiger partial charge in [-0.25, -0.2) is 0 Å². The molecule has 5 nitrogen and oxygen atoms in total. The molecule has 0 saturated heterocycles. The highest BCUT2D eigenvalue weighted by Crippen LogP contribution is 2.30. The van der Waals surface area contributed by atoms with Crippen molar-refractivity contribution in [2.75, 3.05) is 5.32 Å².